The first-order valence-electron chi connectivity index (χ1n) is 9.59. The van der Waals surface area contributed by atoms with E-state index in [2.05, 4.69) is 57.9 Å². The van der Waals surface area contributed by atoms with Gasteiger partial charge in [-0.1, -0.05) is 44.2 Å². The molecule has 2 heterocycles. The highest BCUT2D eigenvalue weighted by molar-refractivity contribution is 9.10. The molecule has 3 rings (SSSR count). The smallest absolute Gasteiger partial charge is 0.146 e. The van der Waals surface area contributed by atoms with Crippen LogP contribution in [0.4, 0.5) is 0 Å². The van der Waals surface area contributed by atoms with Crippen molar-refractivity contribution in [3.05, 3.63) is 82.3 Å². The van der Waals surface area contributed by atoms with Crippen molar-refractivity contribution in [2.24, 2.45) is 5.92 Å². The van der Waals surface area contributed by atoms with Crippen LogP contribution < -0.4 is 0 Å². The maximum Gasteiger partial charge on any atom is 0.146 e. The predicted octanol–water partition coefficient (Wildman–Crippen LogP) is 6.16. The van der Waals surface area contributed by atoms with Crippen LogP contribution in [-0.2, 0) is 11.2 Å². The number of carbonyl (C=O) groups excluding carboxylic acids is 1. The van der Waals surface area contributed by atoms with Gasteiger partial charge in [0.1, 0.15) is 10.4 Å². The molecule has 0 aliphatic rings. The molecule has 3 nitrogen and oxygen atoms in total. The number of hydrogen-bond acceptors (Lipinski definition) is 3. The molecule has 0 N–H and O–H groups in total. The third-order valence-electron chi connectivity index (χ3n) is 4.75. The number of nitrogens with zero attached hydrogens (tertiary/aromatic N) is 2. The lowest BCUT2D eigenvalue weighted by molar-refractivity contribution is -0.120. The van der Waals surface area contributed by atoms with Crippen LogP contribution in [0.5, 0.6) is 0 Å². The summed E-state index contributed by atoms with van der Waals surface area (Å²) >= 11 is 3.42. The molecule has 144 valence electrons. The molecule has 0 aliphatic heterocycles. The van der Waals surface area contributed by atoms with Crippen molar-refractivity contribution in [3.63, 3.8) is 0 Å². The first kappa shape index (κ1) is 20.4. The van der Waals surface area contributed by atoms with E-state index in [-0.39, 0.29) is 11.7 Å². The van der Waals surface area contributed by atoms with Crippen molar-refractivity contribution < 1.29 is 4.79 Å². The molecule has 1 aromatic carbocycles. The Balaban J connectivity index is 1.77. The van der Waals surface area contributed by atoms with Gasteiger partial charge in [0.15, 0.2) is 0 Å². The minimum absolute atomic E-state index is 0.181. The average Bonchev–Trinajstić information content (AvgIpc) is 2.66. The Morgan fingerprint density at radius 2 is 1.79 bits per heavy atom. The molecule has 0 radical (unpaired) electrons. The Kier molecular flexibility index (Phi) is 6.74. The molecule has 2 aromatic heterocycles. The third kappa shape index (κ3) is 5.35. The number of Topliss-reactive ketones (excluding diaryl/α,β-unsaturated/α-hetero) is 1. The molecule has 0 saturated carbocycles. The van der Waals surface area contributed by atoms with Crippen LogP contribution in [-0.4, -0.2) is 15.8 Å². The fourth-order valence-corrected chi connectivity index (χ4v) is 3.73. The first-order valence-corrected chi connectivity index (χ1v) is 10.4. The van der Waals surface area contributed by atoms with E-state index in [1.54, 1.807) is 0 Å². The van der Waals surface area contributed by atoms with E-state index >= 15 is 0 Å². The van der Waals surface area contributed by atoms with E-state index in [9.17, 15) is 4.79 Å². The standard InChI is InChI=1S/C24H25BrN2O/c1-16(2)13-21(22-5-4-6-24(25)27-22)23(28)15-18-7-9-19(10-8-18)20-11-12-26-17(3)14-20/h4-12,14,16,21H,13,15H2,1-3H3. The minimum atomic E-state index is -0.181. The first-order chi connectivity index (χ1) is 13.4. The highest BCUT2D eigenvalue weighted by Gasteiger charge is 2.23. The van der Waals surface area contributed by atoms with Crippen molar-refractivity contribution in [2.45, 2.75) is 39.5 Å². The van der Waals surface area contributed by atoms with E-state index in [1.807, 2.05) is 49.5 Å². The molecule has 4 heteroatoms. The number of ketones is 1. The van der Waals surface area contributed by atoms with Crippen molar-refractivity contribution in [2.75, 3.05) is 0 Å². The largest absolute Gasteiger partial charge is 0.299 e. The summed E-state index contributed by atoms with van der Waals surface area (Å²) in [5.74, 6) is 0.457. The van der Waals surface area contributed by atoms with Gasteiger partial charge in [-0.05, 0) is 76.1 Å². The molecular weight excluding hydrogens is 412 g/mol. The van der Waals surface area contributed by atoms with Gasteiger partial charge in [-0.3, -0.25) is 9.78 Å². The fourth-order valence-electron chi connectivity index (χ4n) is 3.37. The Morgan fingerprint density at radius 3 is 2.43 bits per heavy atom. The molecule has 0 fully saturated rings. The predicted molar refractivity (Wildman–Crippen MR) is 117 cm³/mol. The molecule has 3 aromatic rings. The summed E-state index contributed by atoms with van der Waals surface area (Å²) in [6.07, 6.45) is 3.04. The SMILES string of the molecule is Cc1cc(-c2ccc(CC(=O)C(CC(C)C)c3cccc(Br)n3)cc2)ccn1. The van der Waals surface area contributed by atoms with Crippen LogP contribution >= 0.6 is 15.9 Å². The number of carbonyl (C=O) groups is 1. The van der Waals surface area contributed by atoms with Crippen molar-refractivity contribution >= 4 is 21.7 Å². The summed E-state index contributed by atoms with van der Waals surface area (Å²) in [6, 6.07) is 18.1. The van der Waals surface area contributed by atoms with E-state index < -0.39 is 0 Å². The lowest BCUT2D eigenvalue weighted by Gasteiger charge is -2.18. The van der Waals surface area contributed by atoms with Crippen LogP contribution in [0.25, 0.3) is 11.1 Å². The van der Waals surface area contributed by atoms with Gasteiger partial charge in [0.2, 0.25) is 0 Å². The van der Waals surface area contributed by atoms with Crippen molar-refractivity contribution in [1.29, 1.82) is 0 Å². The summed E-state index contributed by atoms with van der Waals surface area (Å²) in [6.45, 7) is 6.27. The Labute approximate surface area is 175 Å². The quantitative estimate of drug-likeness (QED) is 0.416. The van der Waals surface area contributed by atoms with Gasteiger partial charge < -0.3 is 0 Å². The molecule has 1 atom stereocenters. The summed E-state index contributed by atoms with van der Waals surface area (Å²) < 4.78 is 0.767. The zero-order valence-electron chi connectivity index (χ0n) is 16.5. The molecule has 0 amide bonds. The summed E-state index contributed by atoms with van der Waals surface area (Å²) in [5, 5.41) is 0. The van der Waals surface area contributed by atoms with E-state index in [4.69, 9.17) is 0 Å². The van der Waals surface area contributed by atoms with Crippen LogP contribution in [0.2, 0.25) is 0 Å². The summed E-state index contributed by atoms with van der Waals surface area (Å²) in [4.78, 5) is 21.9. The number of rotatable bonds is 7. The highest BCUT2D eigenvalue weighted by Crippen LogP contribution is 2.27. The van der Waals surface area contributed by atoms with Crippen molar-refractivity contribution in [3.8, 4) is 11.1 Å². The lowest BCUT2D eigenvalue weighted by Crippen LogP contribution is -2.18. The molecule has 0 saturated heterocycles. The van der Waals surface area contributed by atoms with E-state index in [0.29, 0.717) is 12.3 Å². The molecule has 0 spiro atoms. The van der Waals surface area contributed by atoms with Gasteiger partial charge >= 0.3 is 0 Å². The normalized spacial score (nSPS) is 12.2. The zero-order valence-corrected chi connectivity index (χ0v) is 18.1. The number of hydrogen-bond donors (Lipinski definition) is 0. The number of benzene rings is 1. The second-order valence-corrected chi connectivity index (χ2v) is 8.41. The summed E-state index contributed by atoms with van der Waals surface area (Å²) in [7, 11) is 0. The molecule has 28 heavy (non-hydrogen) atoms. The highest BCUT2D eigenvalue weighted by atomic mass is 79.9. The lowest BCUT2D eigenvalue weighted by atomic mass is 9.87. The molecular formula is C24H25BrN2O. The minimum Gasteiger partial charge on any atom is -0.299 e. The van der Waals surface area contributed by atoms with E-state index in [1.165, 1.54) is 0 Å². The number of halogens is 1. The van der Waals surface area contributed by atoms with Gasteiger partial charge in [0, 0.05) is 18.3 Å². The van der Waals surface area contributed by atoms with Gasteiger partial charge in [-0.15, -0.1) is 0 Å². The van der Waals surface area contributed by atoms with Crippen LogP contribution in [0.1, 0.15) is 43.1 Å². The van der Waals surface area contributed by atoms with Crippen LogP contribution in [0, 0.1) is 12.8 Å². The van der Waals surface area contributed by atoms with Gasteiger partial charge in [0.25, 0.3) is 0 Å². The van der Waals surface area contributed by atoms with Gasteiger partial charge in [-0.25, -0.2) is 4.98 Å². The summed E-state index contributed by atoms with van der Waals surface area (Å²) in [5.41, 5.74) is 5.14. The Bertz CT molecular complexity index is 951. The number of aromatic nitrogens is 2. The molecule has 1 unspecified atom stereocenters. The van der Waals surface area contributed by atoms with E-state index in [0.717, 1.165) is 39.1 Å². The van der Waals surface area contributed by atoms with Gasteiger partial charge in [-0.2, -0.15) is 0 Å². The van der Waals surface area contributed by atoms with Crippen LogP contribution in [0.3, 0.4) is 0 Å². The van der Waals surface area contributed by atoms with Crippen molar-refractivity contribution in [1.82, 2.24) is 9.97 Å². The fraction of sp³-hybridized carbons (Fsp3) is 0.292. The maximum atomic E-state index is 13.1. The third-order valence-corrected chi connectivity index (χ3v) is 5.19. The molecule has 0 aliphatic carbocycles. The second kappa shape index (κ2) is 9.24. The van der Waals surface area contributed by atoms with Crippen LogP contribution in [0.15, 0.2) is 65.4 Å². The second-order valence-electron chi connectivity index (χ2n) is 7.59. The monoisotopic (exact) mass is 436 g/mol. The average molecular weight is 437 g/mol. The number of aryl methyl sites for hydroxylation is 1. The number of pyridine rings is 2. The molecule has 0 bridgehead atoms. The Hall–Kier alpha value is -2.33. The maximum absolute atomic E-state index is 13.1. The van der Waals surface area contributed by atoms with Gasteiger partial charge in [0.05, 0.1) is 11.6 Å². The Morgan fingerprint density at radius 1 is 1.04 bits per heavy atom. The topological polar surface area (TPSA) is 42.9 Å². The zero-order chi connectivity index (χ0) is 20.1.